The van der Waals surface area contributed by atoms with Crippen molar-refractivity contribution in [3.05, 3.63) is 0 Å². The summed E-state index contributed by atoms with van der Waals surface area (Å²) in [6, 6.07) is 2.37. The Hall–Kier alpha value is -1.37. The first kappa shape index (κ1) is 14.6. The van der Waals surface area contributed by atoms with Crippen LogP contribution in [0.1, 0.15) is 64.7 Å². The number of nitriles is 1. The van der Waals surface area contributed by atoms with Gasteiger partial charge < -0.3 is 0 Å². The van der Waals surface area contributed by atoms with Crippen LogP contribution in [0.4, 0.5) is 0 Å². The van der Waals surface area contributed by atoms with Gasteiger partial charge in [0, 0.05) is 0 Å². The Labute approximate surface area is 126 Å². The Balaban J connectivity index is 1.89. The maximum Gasteiger partial charge on any atom is 0.234 e. The van der Waals surface area contributed by atoms with Crippen molar-refractivity contribution in [3.63, 3.8) is 0 Å². The number of fused-ring (bicyclic) bond motifs is 1. The van der Waals surface area contributed by atoms with Crippen molar-refractivity contribution in [1.82, 2.24) is 4.90 Å². The van der Waals surface area contributed by atoms with E-state index in [9.17, 15) is 14.9 Å². The summed E-state index contributed by atoms with van der Waals surface area (Å²) in [5, 5.41) is 9.77. The zero-order valence-electron chi connectivity index (χ0n) is 12.8. The molecule has 21 heavy (non-hydrogen) atoms. The van der Waals surface area contributed by atoms with Gasteiger partial charge in [-0.3, -0.25) is 14.5 Å². The highest BCUT2D eigenvalue weighted by Gasteiger charge is 2.57. The predicted octanol–water partition coefficient (Wildman–Crippen LogP) is 3.02. The van der Waals surface area contributed by atoms with Crippen molar-refractivity contribution < 1.29 is 9.59 Å². The molecule has 0 bridgehead atoms. The van der Waals surface area contributed by atoms with Crippen LogP contribution in [0.15, 0.2) is 0 Å². The quantitative estimate of drug-likeness (QED) is 0.697. The Bertz CT molecular complexity index is 462. The number of carbonyl (C=O) groups excluding carboxylic acids is 2. The second-order valence-electron chi connectivity index (χ2n) is 7.21. The summed E-state index contributed by atoms with van der Waals surface area (Å²) in [4.78, 5) is 26.9. The van der Waals surface area contributed by atoms with Crippen LogP contribution in [-0.4, -0.2) is 22.3 Å². The molecule has 2 aliphatic carbocycles. The maximum absolute atomic E-state index is 12.8. The van der Waals surface area contributed by atoms with Crippen LogP contribution in [0.3, 0.4) is 0 Å². The molecule has 0 aromatic heterocycles. The summed E-state index contributed by atoms with van der Waals surface area (Å²) < 4.78 is 0. The first-order valence-electron chi connectivity index (χ1n) is 8.38. The van der Waals surface area contributed by atoms with E-state index in [0.29, 0.717) is 18.8 Å². The molecule has 2 amide bonds. The highest BCUT2D eigenvalue weighted by molar-refractivity contribution is 6.06. The van der Waals surface area contributed by atoms with E-state index < -0.39 is 5.54 Å². The normalized spacial score (nSPS) is 36.0. The second-order valence-corrected chi connectivity index (χ2v) is 7.21. The number of hydrogen-bond donors (Lipinski definition) is 0. The van der Waals surface area contributed by atoms with E-state index >= 15 is 0 Å². The fourth-order valence-corrected chi connectivity index (χ4v) is 4.58. The van der Waals surface area contributed by atoms with E-state index in [2.05, 4.69) is 13.0 Å². The molecule has 2 atom stereocenters. The largest absolute Gasteiger partial charge is 0.274 e. The minimum Gasteiger partial charge on any atom is -0.274 e. The average molecular weight is 288 g/mol. The first-order chi connectivity index (χ1) is 10.1. The molecular weight excluding hydrogens is 264 g/mol. The Kier molecular flexibility index (Phi) is 3.77. The van der Waals surface area contributed by atoms with Crippen LogP contribution in [-0.2, 0) is 9.59 Å². The zero-order valence-corrected chi connectivity index (χ0v) is 12.8. The van der Waals surface area contributed by atoms with Crippen LogP contribution < -0.4 is 0 Å². The SMILES string of the molecule is CC1CC2C(=O)N(C3(C#N)CCCCCCC3)C(=O)C2C1. The summed E-state index contributed by atoms with van der Waals surface area (Å²) in [6.45, 7) is 2.11. The summed E-state index contributed by atoms with van der Waals surface area (Å²) >= 11 is 0. The van der Waals surface area contributed by atoms with Crippen molar-refractivity contribution in [3.8, 4) is 6.07 Å². The molecule has 0 aromatic rings. The number of rotatable bonds is 1. The topological polar surface area (TPSA) is 61.2 Å². The monoisotopic (exact) mass is 288 g/mol. The van der Waals surface area contributed by atoms with E-state index in [1.54, 1.807) is 0 Å². The van der Waals surface area contributed by atoms with E-state index in [0.717, 1.165) is 38.5 Å². The molecule has 4 nitrogen and oxygen atoms in total. The van der Waals surface area contributed by atoms with Gasteiger partial charge in [0.2, 0.25) is 11.8 Å². The lowest BCUT2D eigenvalue weighted by Crippen LogP contribution is -2.52. The van der Waals surface area contributed by atoms with Gasteiger partial charge in [-0.05, 0) is 31.6 Å². The van der Waals surface area contributed by atoms with Gasteiger partial charge in [-0.15, -0.1) is 0 Å². The Morgan fingerprint density at radius 1 is 1.00 bits per heavy atom. The van der Waals surface area contributed by atoms with Crippen LogP contribution in [0.25, 0.3) is 0 Å². The Morgan fingerprint density at radius 2 is 1.48 bits per heavy atom. The van der Waals surface area contributed by atoms with Crippen LogP contribution in [0.5, 0.6) is 0 Å². The standard InChI is InChI=1S/C17H24N2O2/c1-12-9-13-14(10-12)16(21)19(15(13)20)17(11-18)7-5-3-2-4-6-8-17/h12-14H,2-10H2,1H3. The molecule has 3 fully saturated rings. The maximum atomic E-state index is 12.8. The third kappa shape index (κ3) is 2.27. The van der Waals surface area contributed by atoms with Gasteiger partial charge >= 0.3 is 0 Å². The average Bonchev–Trinajstić information content (AvgIpc) is 2.92. The van der Waals surface area contributed by atoms with Gasteiger partial charge in [0.05, 0.1) is 17.9 Å². The van der Waals surface area contributed by atoms with Crippen LogP contribution in [0, 0.1) is 29.1 Å². The van der Waals surface area contributed by atoms with E-state index in [1.165, 1.54) is 11.3 Å². The summed E-state index contributed by atoms with van der Waals surface area (Å²) in [6.07, 6.45) is 8.23. The number of hydrogen-bond acceptors (Lipinski definition) is 3. The van der Waals surface area contributed by atoms with Gasteiger partial charge in [-0.2, -0.15) is 5.26 Å². The van der Waals surface area contributed by atoms with Gasteiger partial charge in [-0.25, -0.2) is 0 Å². The summed E-state index contributed by atoms with van der Waals surface area (Å²) in [7, 11) is 0. The molecule has 1 saturated heterocycles. The zero-order chi connectivity index (χ0) is 15.0. The molecular formula is C17H24N2O2. The lowest BCUT2D eigenvalue weighted by atomic mass is 9.83. The minimum absolute atomic E-state index is 0.0588. The number of carbonyl (C=O) groups is 2. The molecule has 4 heteroatoms. The molecule has 0 N–H and O–H groups in total. The second kappa shape index (κ2) is 5.44. The molecule has 114 valence electrons. The van der Waals surface area contributed by atoms with Gasteiger partial charge in [-0.1, -0.05) is 39.0 Å². The lowest BCUT2D eigenvalue weighted by Gasteiger charge is -2.36. The number of likely N-dealkylation sites (tertiary alicyclic amines) is 1. The van der Waals surface area contributed by atoms with Gasteiger partial charge in [0.1, 0.15) is 5.54 Å². The smallest absolute Gasteiger partial charge is 0.234 e. The fraction of sp³-hybridized carbons (Fsp3) is 0.824. The van der Waals surface area contributed by atoms with Crippen molar-refractivity contribution in [2.24, 2.45) is 17.8 Å². The molecule has 2 unspecified atom stereocenters. The van der Waals surface area contributed by atoms with Crippen molar-refractivity contribution in [2.75, 3.05) is 0 Å². The predicted molar refractivity (Wildman–Crippen MR) is 77.9 cm³/mol. The van der Waals surface area contributed by atoms with Crippen molar-refractivity contribution in [2.45, 2.75) is 70.3 Å². The van der Waals surface area contributed by atoms with Crippen LogP contribution >= 0.6 is 0 Å². The molecule has 1 heterocycles. The fourth-order valence-electron chi connectivity index (χ4n) is 4.58. The highest BCUT2D eigenvalue weighted by atomic mass is 16.2. The molecule has 0 spiro atoms. The highest BCUT2D eigenvalue weighted by Crippen LogP contribution is 2.47. The molecule has 0 radical (unpaired) electrons. The van der Waals surface area contributed by atoms with E-state index in [4.69, 9.17) is 0 Å². The third-order valence-corrected chi connectivity index (χ3v) is 5.69. The van der Waals surface area contributed by atoms with Crippen LogP contribution in [0.2, 0.25) is 0 Å². The number of amides is 2. The number of nitrogens with zero attached hydrogens (tertiary/aromatic N) is 2. The molecule has 3 aliphatic rings. The molecule has 3 rings (SSSR count). The molecule has 2 saturated carbocycles. The third-order valence-electron chi connectivity index (χ3n) is 5.69. The summed E-state index contributed by atoms with van der Waals surface area (Å²) in [5.41, 5.74) is -0.859. The van der Waals surface area contributed by atoms with Gasteiger partial charge in [0.25, 0.3) is 0 Å². The molecule has 0 aromatic carbocycles. The van der Waals surface area contributed by atoms with E-state index in [-0.39, 0.29) is 23.7 Å². The number of imide groups is 1. The minimum atomic E-state index is -0.859. The van der Waals surface area contributed by atoms with Crippen molar-refractivity contribution in [1.29, 1.82) is 5.26 Å². The van der Waals surface area contributed by atoms with Gasteiger partial charge in [0.15, 0.2) is 0 Å². The van der Waals surface area contributed by atoms with Crippen molar-refractivity contribution >= 4 is 11.8 Å². The summed E-state index contributed by atoms with van der Waals surface area (Å²) in [5.74, 6) is 0.0321. The lowest BCUT2D eigenvalue weighted by molar-refractivity contribution is -0.146. The molecule has 1 aliphatic heterocycles. The van der Waals surface area contributed by atoms with E-state index in [1.807, 2.05) is 0 Å². The first-order valence-corrected chi connectivity index (χ1v) is 8.38. The Morgan fingerprint density at radius 3 is 1.95 bits per heavy atom.